The maximum absolute atomic E-state index is 12.3. The molecule has 21 nitrogen and oxygen atoms in total. The number of esters is 1. The summed E-state index contributed by atoms with van der Waals surface area (Å²) in [6.07, 6.45) is -2.79. The summed E-state index contributed by atoms with van der Waals surface area (Å²) in [4.78, 5) is 107. The second-order valence-electron chi connectivity index (χ2n) is 15.8. The normalized spacial score (nSPS) is 12.1. The Morgan fingerprint density at radius 3 is 1.29 bits per heavy atom. The van der Waals surface area contributed by atoms with E-state index in [0.717, 1.165) is 44.5 Å². The zero-order chi connectivity index (χ0) is 48.5. The van der Waals surface area contributed by atoms with E-state index < -0.39 is 92.9 Å². The molecule has 0 unspecified atom stereocenters. The predicted octanol–water partition coefficient (Wildman–Crippen LogP) is 2.44. The van der Waals surface area contributed by atoms with E-state index in [1.165, 1.54) is 13.8 Å². The molecule has 7 amide bonds. The molecule has 358 valence electrons. The third-order valence-electron chi connectivity index (χ3n) is 10.4. The van der Waals surface area contributed by atoms with Gasteiger partial charge in [-0.1, -0.05) is 97.1 Å². The van der Waals surface area contributed by atoms with Crippen LogP contribution in [0, 0.1) is 0 Å². The minimum atomic E-state index is -1.34. The minimum Gasteiger partial charge on any atom is -0.460 e. The van der Waals surface area contributed by atoms with Crippen molar-refractivity contribution in [1.82, 2.24) is 37.5 Å². The number of alkyl carbamates (subject to hydrolysis) is 1. The summed E-state index contributed by atoms with van der Waals surface area (Å²) < 4.78 is 21.0. The van der Waals surface area contributed by atoms with Gasteiger partial charge in [-0.15, -0.1) is 0 Å². The highest BCUT2D eigenvalue weighted by Gasteiger charge is 2.31. The van der Waals surface area contributed by atoms with Crippen molar-refractivity contribution in [2.45, 2.75) is 31.3 Å². The Kier molecular flexibility index (Phi) is 17.4. The van der Waals surface area contributed by atoms with Crippen molar-refractivity contribution in [3.05, 3.63) is 119 Å². The highest BCUT2D eigenvalue weighted by molar-refractivity contribution is 5.89. The van der Waals surface area contributed by atoms with Crippen LogP contribution in [0.3, 0.4) is 0 Å². The van der Waals surface area contributed by atoms with E-state index in [-0.39, 0.29) is 38.1 Å². The second-order valence-corrected chi connectivity index (χ2v) is 15.8. The molecule has 0 bridgehead atoms. The number of amides is 7. The van der Waals surface area contributed by atoms with E-state index in [0.29, 0.717) is 0 Å². The van der Waals surface area contributed by atoms with E-state index in [1.807, 2.05) is 103 Å². The summed E-state index contributed by atoms with van der Waals surface area (Å²) in [6, 6.07) is 31.5. The van der Waals surface area contributed by atoms with Crippen molar-refractivity contribution < 1.29 is 67.0 Å². The summed E-state index contributed by atoms with van der Waals surface area (Å²) in [5.74, 6) is -3.81. The second kappa shape index (κ2) is 23.9. The van der Waals surface area contributed by atoms with Gasteiger partial charge >= 0.3 is 24.2 Å². The zero-order valence-electron chi connectivity index (χ0n) is 37.2. The Labute approximate surface area is 390 Å². The number of fused-ring (bicyclic) bond motifs is 6. The van der Waals surface area contributed by atoms with Gasteiger partial charge in [-0.25, -0.2) is 19.2 Å². The number of carbonyl (C=O) groups excluding carboxylic acids is 8. The smallest absolute Gasteiger partial charge is 0.431 e. The van der Waals surface area contributed by atoms with Crippen LogP contribution in [0.4, 0.5) is 14.4 Å². The third kappa shape index (κ3) is 14.2. The lowest BCUT2D eigenvalue weighted by molar-refractivity contribution is -0.157. The van der Waals surface area contributed by atoms with Gasteiger partial charge in [0.25, 0.3) is 0 Å². The molecule has 0 atom stereocenters. The van der Waals surface area contributed by atoms with Crippen molar-refractivity contribution >= 4 is 47.9 Å². The van der Waals surface area contributed by atoms with Crippen molar-refractivity contribution in [2.24, 2.45) is 0 Å². The number of hydroxylamine groups is 2. The quantitative estimate of drug-likeness (QED) is 0.0258. The molecular weight excluding hydrogens is 887 g/mol. The van der Waals surface area contributed by atoms with Gasteiger partial charge in [-0.2, -0.15) is 11.0 Å². The summed E-state index contributed by atoms with van der Waals surface area (Å²) >= 11 is 0. The number of hydrogen-bond donors (Lipinski definition) is 7. The predicted molar refractivity (Wildman–Crippen MR) is 240 cm³/mol. The maximum Gasteiger partial charge on any atom is 0.431 e. The van der Waals surface area contributed by atoms with Gasteiger partial charge in [0.1, 0.15) is 32.0 Å². The topological polar surface area (TPSA) is 276 Å². The van der Waals surface area contributed by atoms with Crippen LogP contribution in [0.25, 0.3) is 22.3 Å². The van der Waals surface area contributed by atoms with E-state index in [1.54, 1.807) is 0 Å². The molecule has 0 aromatic heterocycles. The van der Waals surface area contributed by atoms with Crippen LogP contribution in [0.15, 0.2) is 97.1 Å². The van der Waals surface area contributed by atoms with Gasteiger partial charge in [-0.3, -0.25) is 28.9 Å². The van der Waals surface area contributed by atoms with Crippen LogP contribution in [0.5, 0.6) is 0 Å². The zero-order valence-corrected chi connectivity index (χ0v) is 37.2. The van der Waals surface area contributed by atoms with Gasteiger partial charge in [0.15, 0.2) is 13.2 Å². The molecule has 0 heterocycles. The molecule has 0 spiro atoms. The molecule has 6 rings (SSSR count). The average molecular weight is 938 g/mol. The third-order valence-corrected chi connectivity index (χ3v) is 10.4. The van der Waals surface area contributed by atoms with Crippen LogP contribution in [0.1, 0.15) is 47.9 Å². The number of ether oxygens (including phenoxy) is 4. The molecule has 4 aromatic carbocycles. The molecular formula is C47H51N7O14. The molecule has 0 saturated heterocycles. The number of benzene rings is 4. The Bertz CT molecular complexity index is 2410. The number of carbonyl (C=O) groups is 8. The van der Waals surface area contributed by atoms with E-state index in [2.05, 4.69) is 32.1 Å². The fourth-order valence-corrected chi connectivity index (χ4v) is 7.34. The van der Waals surface area contributed by atoms with Crippen molar-refractivity contribution in [1.29, 1.82) is 0 Å². The fourth-order valence-electron chi connectivity index (χ4n) is 7.34. The highest BCUT2D eigenvalue weighted by atomic mass is 16.7. The van der Waals surface area contributed by atoms with E-state index in [9.17, 15) is 38.4 Å². The van der Waals surface area contributed by atoms with Gasteiger partial charge in [0.2, 0.25) is 23.6 Å². The average Bonchev–Trinajstić information content (AvgIpc) is 3.83. The summed E-state index contributed by atoms with van der Waals surface area (Å²) in [5.41, 5.74) is 11.2. The maximum atomic E-state index is 12.3. The molecule has 2 aliphatic carbocycles. The SMILES string of the molecule is CC(C)(COC(=O)CONC(=O)OCC1c2ccccc2-c2ccccc21)OC(=O)NCC(=O)NCC(=O)NCC(=O)NCCNC(=O)CONC(=O)OCC1c2ccccc2-c2ccccc21. The van der Waals surface area contributed by atoms with Crippen LogP contribution < -0.4 is 37.5 Å². The molecule has 4 aromatic rings. The number of nitrogens with one attached hydrogen (secondary N) is 7. The van der Waals surface area contributed by atoms with Crippen LogP contribution in [-0.4, -0.2) is 119 Å². The molecule has 68 heavy (non-hydrogen) atoms. The molecule has 0 fully saturated rings. The molecule has 21 heteroatoms. The van der Waals surface area contributed by atoms with Gasteiger partial charge in [-0.05, 0) is 58.4 Å². The fraction of sp³-hybridized carbons (Fsp3) is 0.319. The minimum absolute atomic E-state index is 0.00953. The summed E-state index contributed by atoms with van der Waals surface area (Å²) in [7, 11) is 0. The standard InChI is InChI=1S/C47H51N7O14/c1-47(2,28-65-43(59)27-67-54-46(62)64-25-38-35-17-9-5-13-31(35)32-14-6-10-18-36(32)38)68-44(60)52-23-41(57)51-22-40(56)50-21-39(55)48-19-20-49-42(58)26-66-53-45(61)63-24-37-33-15-7-3-11-29(33)30-12-4-8-16-34(30)37/h3-18,37-38H,19-28H2,1-2H3,(H,48,55)(H,49,58)(H,50,56)(H,51,57)(H,52,60)(H,53,61)(H,54,62). The monoisotopic (exact) mass is 937 g/mol. The highest BCUT2D eigenvalue weighted by Crippen LogP contribution is 2.45. The molecule has 0 radical (unpaired) electrons. The van der Waals surface area contributed by atoms with Crippen LogP contribution in [-0.2, 0) is 52.6 Å². The Morgan fingerprint density at radius 1 is 0.456 bits per heavy atom. The first-order valence-corrected chi connectivity index (χ1v) is 21.4. The van der Waals surface area contributed by atoms with E-state index >= 15 is 0 Å². The van der Waals surface area contributed by atoms with Crippen molar-refractivity contribution in [3.8, 4) is 22.3 Å². The van der Waals surface area contributed by atoms with Crippen LogP contribution in [0.2, 0.25) is 0 Å². The van der Waals surface area contributed by atoms with Gasteiger partial charge in [0, 0.05) is 24.9 Å². The molecule has 2 aliphatic rings. The first kappa shape index (κ1) is 49.4. The Hall–Kier alpha value is -8.04. The first-order valence-electron chi connectivity index (χ1n) is 21.4. The molecule has 0 aliphatic heterocycles. The molecule has 7 N–H and O–H groups in total. The van der Waals surface area contributed by atoms with Gasteiger partial charge < -0.3 is 45.5 Å². The first-order chi connectivity index (χ1) is 32.8. The largest absolute Gasteiger partial charge is 0.460 e. The lowest BCUT2D eigenvalue weighted by atomic mass is 9.98. The summed E-state index contributed by atoms with van der Waals surface area (Å²) in [6.45, 7) is -0.0730. The Balaban J connectivity index is 0.734. The van der Waals surface area contributed by atoms with Crippen molar-refractivity contribution in [2.75, 3.05) is 65.8 Å². The number of rotatable bonds is 22. The van der Waals surface area contributed by atoms with Crippen molar-refractivity contribution in [3.63, 3.8) is 0 Å². The Morgan fingerprint density at radius 2 is 0.838 bits per heavy atom. The van der Waals surface area contributed by atoms with Crippen LogP contribution >= 0.6 is 0 Å². The van der Waals surface area contributed by atoms with E-state index in [4.69, 9.17) is 28.6 Å². The summed E-state index contributed by atoms with van der Waals surface area (Å²) in [5, 5.41) is 11.8. The lowest BCUT2D eigenvalue weighted by Gasteiger charge is -2.24. The molecule has 0 saturated carbocycles. The lowest BCUT2D eigenvalue weighted by Crippen LogP contribution is -2.46. The number of hydrogen-bond acceptors (Lipinski definition) is 14. The van der Waals surface area contributed by atoms with Gasteiger partial charge in [0.05, 0.1) is 13.1 Å².